The molecule has 6 heteroatoms. The number of carbonyl (C=O) groups is 1. The standard InChI is InChI=1S/C17H20N2O3.ClH/c20-17(19-11-14-5-4-9-18-14)16-13(8-10-21-16)12-22-15-6-2-1-3-7-15;/h1-3,6-8,10,14,18H,4-5,9,11-12H2,(H,19,20);1H. The van der Waals surface area contributed by atoms with E-state index < -0.39 is 0 Å². The normalized spacial score (nSPS) is 16.6. The number of para-hydroxylation sites is 1. The van der Waals surface area contributed by atoms with Crippen LogP contribution in [0.25, 0.3) is 0 Å². The number of carbonyl (C=O) groups excluding carboxylic acids is 1. The van der Waals surface area contributed by atoms with Crippen molar-refractivity contribution >= 4 is 18.3 Å². The van der Waals surface area contributed by atoms with Gasteiger partial charge in [0.15, 0.2) is 5.76 Å². The Balaban J connectivity index is 0.00000192. The van der Waals surface area contributed by atoms with Crippen molar-refractivity contribution < 1.29 is 13.9 Å². The molecule has 23 heavy (non-hydrogen) atoms. The number of hydrogen-bond acceptors (Lipinski definition) is 4. The smallest absolute Gasteiger partial charge is 0.287 e. The number of furan rings is 1. The highest BCUT2D eigenvalue weighted by molar-refractivity contribution is 5.92. The highest BCUT2D eigenvalue weighted by Gasteiger charge is 2.19. The van der Waals surface area contributed by atoms with Crippen molar-refractivity contribution in [2.75, 3.05) is 13.1 Å². The number of rotatable bonds is 6. The molecular weight excluding hydrogens is 316 g/mol. The molecule has 0 radical (unpaired) electrons. The molecule has 5 nitrogen and oxygen atoms in total. The Labute approximate surface area is 141 Å². The minimum atomic E-state index is -0.189. The zero-order valence-corrected chi connectivity index (χ0v) is 13.6. The summed E-state index contributed by atoms with van der Waals surface area (Å²) in [4.78, 5) is 12.2. The van der Waals surface area contributed by atoms with Crippen LogP contribution in [0.5, 0.6) is 5.75 Å². The summed E-state index contributed by atoms with van der Waals surface area (Å²) < 4.78 is 11.0. The number of benzene rings is 1. The minimum absolute atomic E-state index is 0. The number of halogens is 1. The van der Waals surface area contributed by atoms with Gasteiger partial charge in [0.1, 0.15) is 12.4 Å². The molecule has 1 saturated heterocycles. The Bertz CT molecular complexity index is 609. The van der Waals surface area contributed by atoms with Gasteiger partial charge in [0.2, 0.25) is 0 Å². The number of ether oxygens (including phenoxy) is 1. The highest BCUT2D eigenvalue weighted by atomic mass is 35.5. The average molecular weight is 337 g/mol. The molecule has 0 saturated carbocycles. The van der Waals surface area contributed by atoms with Crippen LogP contribution in [0.2, 0.25) is 0 Å². The second-order valence-electron chi connectivity index (χ2n) is 5.38. The molecule has 1 atom stereocenters. The van der Waals surface area contributed by atoms with Crippen LogP contribution in [0.4, 0.5) is 0 Å². The molecule has 0 bridgehead atoms. The van der Waals surface area contributed by atoms with E-state index in [-0.39, 0.29) is 18.3 Å². The molecule has 1 aromatic carbocycles. The zero-order valence-electron chi connectivity index (χ0n) is 12.8. The first-order valence-electron chi connectivity index (χ1n) is 7.59. The molecular formula is C17H21ClN2O3. The lowest BCUT2D eigenvalue weighted by molar-refractivity contribution is 0.0919. The molecule has 1 aliphatic heterocycles. The lowest BCUT2D eigenvalue weighted by atomic mass is 10.2. The largest absolute Gasteiger partial charge is 0.489 e. The summed E-state index contributed by atoms with van der Waals surface area (Å²) in [6.45, 7) is 1.96. The molecule has 2 N–H and O–H groups in total. The van der Waals surface area contributed by atoms with Gasteiger partial charge in [-0.2, -0.15) is 0 Å². The summed E-state index contributed by atoms with van der Waals surface area (Å²) in [5, 5.41) is 6.26. The average Bonchev–Trinajstić information content (AvgIpc) is 3.23. The lowest BCUT2D eigenvalue weighted by Crippen LogP contribution is -2.37. The Morgan fingerprint density at radius 3 is 2.87 bits per heavy atom. The van der Waals surface area contributed by atoms with Crippen molar-refractivity contribution in [3.63, 3.8) is 0 Å². The van der Waals surface area contributed by atoms with E-state index in [1.165, 1.54) is 6.26 Å². The highest BCUT2D eigenvalue weighted by Crippen LogP contribution is 2.16. The van der Waals surface area contributed by atoms with Crippen LogP contribution >= 0.6 is 12.4 Å². The molecule has 2 heterocycles. The van der Waals surface area contributed by atoms with Gasteiger partial charge in [0.05, 0.1) is 6.26 Å². The van der Waals surface area contributed by atoms with Gasteiger partial charge in [-0.1, -0.05) is 18.2 Å². The summed E-state index contributed by atoms with van der Waals surface area (Å²) in [5.41, 5.74) is 0.751. The number of hydrogen-bond donors (Lipinski definition) is 2. The van der Waals surface area contributed by atoms with Crippen LogP contribution in [0, 0.1) is 0 Å². The fourth-order valence-corrected chi connectivity index (χ4v) is 2.55. The molecule has 3 rings (SSSR count). The third kappa shape index (κ3) is 4.74. The van der Waals surface area contributed by atoms with E-state index in [2.05, 4.69) is 10.6 Å². The molecule has 0 spiro atoms. The van der Waals surface area contributed by atoms with Crippen LogP contribution in [0.3, 0.4) is 0 Å². The fourth-order valence-electron chi connectivity index (χ4n) is 2.55. The predicted molar refractivity (Wildman–Crippen MR) is 90.1 cm³/mol. The summed E-state index contributed by atoms with van der Waals surface area (Å²) in [7, 11) is 0. The van der Waals surface area contributed by atoms with Crippen LogP contribution in [0.15, 0.2) is 47.1 Å². The Kier molecular flexibility index (Phi) is 6.50. The van der Waals surface area contributed by atoms with Crippen molar-refractivity contribution in [1.29, 1.82) is 0 Å². The maximum atomic E-state index is 12.2. The molecule has 0 aliphatic carbocycles. The third-order valence-corrected chi connectivity index (χ3v) is 3.76. The number of amides is 1. The molecule has 1 aliphatic rings. The van der Waals surface area contributed by atoms with Crippen molar-refractivity contribution in [3.8, 4) is 5.75 Å². The van der Waals surface area contributed by atoms with Crippen LogP contribution in [-0.4, -0.2) is 25.0 Å². The van der Waals surface area contributed by atoms with E-state index in [1.807, 2.05) is 30.3 Å². The van der Waals surface area contributed by atoms with Crippen molar-refractivity contribution in [1.82, 2.24) is 10.6 Å². The Hall–Kier alpha value is -1.98. The number of nitrogens with one attached hydrogen (secondary N) is 2. The van der Waals surface area contributed by atoms with Crippen LogP contribution in [-0.2, 0) is 6.61 Å². The first-order valence-corrected chi connectivity index (χ1v) is 7.59. The summed E-state index contributed by atoms with van der Waals surface area (Å²) >= 11 is 0. The van der Waals surface area contributed by atoms with Gasteiger partial charge in [0, 0.05) is 18.2 Å². The van der Waals surface area contributed by atoms with Crippen molar-refractivity contribution in [2.24, 2.45) is 0 Å². The van der Waals surface area contributed by atoms with E-state index in [0.717, 1.165) is 30.7 Å². The van der Waals surface area contributed by atoms with E-state index in [4.69, 9.17) is 9.15 Å². The van der Waals surface area contributed by atoms with Crippen LogP contribution in [0.1, 0.15) is 29.0 Å². The molecule has 1 fully saturated rings. The van der Waals surface area contributed by atoms with Gasteiger partial charge in [-0.15, -0.1) is 12.4 Å². The third-order valence-electron chi connectivity index (χ3n) is 3.76. The SMILES string of the molecule is Cl.O=C(NCC1CCCN1)c1occc1COc1ccccc1. The summed E-state index contributed by atoms with van der Waals surface area (Å²) in [5.74, 6) is 0.907. The first-order chi connectivity index (χ1) is 10.8. The monoisotopic (exact) mass is 336 g/mol. The van der Waals surface area contributed by atoms with Crippen LogP contribution < -0.4 is 15.4 Å². The van der Waals surface area contributed by atoms with Gasteiger partial charge in [-0.05, 0) is 37.6 Å². The fraction of sp³-hybridized carbons (Fsp3) is 0.353. The predicted octanol–water partition coefficient (Wildman–Crippen LogP) is 2.76. The lowest BCUT2D eigenvalue weighted by Gasteiger charge is -2.11. The van der Waals surface area contributed by atoms with Gasteiger partial charge in [0.25, 0.3) is 5.91 Å². The topological polar surface area (TPSA) is 63.5 Å². The molecule has 2 aromatic rings. The first kappa shape index (κ1) is 17.4. The molecule has 1 aromatic heterocycles. The van der Waals surface area contributed by atoms with Crippen molar-refractivity contribution in [3.05, 3.63) is 54.0 Å². The summed E-state index contributed by atoms with van der Waals surface area (Å²) in [6.07, 6.45) is 3.78. The second kappa shape index (κ2) is 8.60. The van der Waals surface area contributed by atoms with Gasteiger partial charge < -0.3 is 19.8 Å². The Morgan fingerprint density at radius 1 is 1.30 bits per heavy atom. The van der Waals surface area contributed by atoms with Crippen molar-refractivity contribution in [2.45, 2.75) is 25.5 Å². The maximum Gasteiger partial charge on any atom is 0.287 e. The van der Waals surface area contributed by atoms with E-state index in [0.29, 0.717) is 25.0 Å². The van der Waals surface area contributed by atoms with Gasteiger partial charge in [-0.3, -0.25) is 4.79 Å². The van der Waals surface area contributed by atoms with E-state index >= 15 is 0 Å². The second-order valence-corrected chi connectivity index (χ2v) is 5.38. The van der Waals surface area contributed by atoms with Gasteiger partial charge >= 0.3 is 0 Å². The Morgan fingerprint density at radius 2 is 2.13 bits per heavy atom. The van der Waals surface area contributed by atoms with E-state index in [9.17, 15) is 4.79 Å². The quantitative estimate of drug-likeness (QED) is 0.851. The zero-order chi connectivity index (χ0) is 15.2. The molecule has 124 valence electrons. The molecule has 1 unspecified atom stereocenters. The summed E-state index contributed by atoms with van der Waals surface area (Å²) in [6, 6.07) is 11.6. The van der Waals surface area contributed by atoms with Gasteiger partial charge in [-0.25, -0.2) is 0 Å². The van der Waals surface area contributed by atoms with E-state index in [1.54, 1.807) is 6.07 Å². The molecule has 1 amide bonds. The maximum absolute atomic E-state index is 12.2. The minimum Gasteiger partial charge on any atom is -0.489 e.